The minimum atomic E-state index is -0.975. The van der Waals surface area contributed by atoms with Gasteiger partial charge in [0.05, 0.1) is 26.4 Å². The molecule has 2 aliphatic heterocycles. The molecule has 2 N–H and O–H groups in total. The Kier molecular flexibility index (Phi) is 7.74. The van der Waals surface area contributed by atoms with Crippen LogP contribution in [0.1, 0.15) is 12.8 Å². The summed E-state index contributed by atoms with van der Waals surface area (Å²) >= 11 is 0. The van der Waals surface area contributed by atoms with Crippen LogP contribution in [0.3, 0.4) is 0 Å². The van der Waals surface area contributed by atoms with Crippen LogP contribution >= 0.6 is 0 Å². The van der Waals surface area contributed by atoms with Gasteiger partial charge in [0, 0.05) is 30.5 Å². The van der Waals surface area contributed by atoms with Gasteiger partial charge >= 0.3 is 0 Å². The third kappa shape index (κ3) is 5.78. The molecule has 0 bridgehead atoms. The Morgan fingerprint density at radius 1 is 1.22 bits per heavy atom. The maximum absolute atomic E-state index is 12.3. The van der Waals surface area contributed by atoms with E-state index < -0.39 is 29.7 Å². The summed E-state index contributed by atoms with van der Waals surface area (Å²) < 4.78 is 10.5. The van der Waals surface area contributed by atoms with Crippen molar-refractivity contribution in [2.75, 3.05) is 39.5 Å². The van der Waals surface area contributed by atoms with Crippen LogP contribution in [0.2, 0.25) is 0 Å². The van der Waals surface area contributed by atoms with E-state index in [9.17, 15) is 19.2 Å². The van der Waals surface area contributed by atoms with Crippen molar-refractivity contribution >= 4 is 23.6 Å². The van der Waals surface area contributed by atoms with E-state index in [0.717, 1.165) is 11.0 Å². The molecule has 0 radical (unpaired) electrons. The first-order valence-corrected chi connectivity index (χ1v) is 8.37. The Morgan fingerprint density at radius 3 is 2.67 bits per heavy atom. The fourth-order valence-electron chi connectivity index (χ4n) is 2.56. The number of carbonyl (C=O) groups excluding carboxylic acids is 4. The maximum atomic E-state index is 12.3. The Hall–Kier alpha value is -2.95. The second-order valence-electron chi connectivity index (χ2n) is 5.64. The first-order valence-electron chi connectivity index (χ1n) is 8.37. The van der Waals surface area contributed by atoms with E-state index in [4.69, 9.17) is 15.0 Å². The van der Waals surface area contributed by atoms with Gasteiger partial charge in [0.15, 0.2) is 0 Å². The first kappa shape index (κ1) is 20.4. The van der Waals surface area contributed by atoms with Gasteiger partial charge < -0.3 is 14.8 Å². The van der Waals surface area contributed by atoms with E-state index in [1.807, 2.05) is 0 Å². The molecular formula is C15H20N6O6. The highest BCUT2D eigenvalue weighted by atomic mass is 16.5. The average molecular weight is 380 g/mol. The SMILES string of the molecule is [N-]=[N+]=NCCOCCOCCNC1=CC(=O)N(C2CCC(=O)NC2=O)C1=O. The zero-order valence-corrected chi connectivity index (χ0v) is 14.5. The molecule has 1 fully saturated rings. The molecule has 1 saturated heterocycles. The van der Waals surface area contributed by atoms with Crippen molar-refractivity contribution in [3.8, 4) is 0 Å². The van der Waals surface area contributed by atoms with Gasteiger partial charge in [0.1, 0.15) is 11.7 Å². The van der Waals surface area contributed by atoms with Gasteiger partial charge in [-0.3, -0.25) is 29.4 Å². The van der Waals surface area contributed by atoms with Crippen LogP contribution in [0.25, 0.3) is 10.4 Å². The Bertz CT molecular complexity index is 686. The summed E-state index contributed by atoms with van der Waals surface area (Å²) in [5, 5.41) is 8.25. The summed E-state index contributed by atoms with van der Waals surface area (Å²) in [4.78, 5) is 50.9. The lowest BCUT2D eigenvalue weighted by atomic mass is 10.0. The molecule has 146 valence electrons. The lowest BCUT2D eigenvalue weighted by molar-refractivity contribution is -0.149. The van der Waals surface area contributed by atoms with Crippen LogP contribution in [0.5, 0.6) is 0 Å². The molecule has 0 aromatic heterocycles. The average Bonchev–Trinajstić information content (AvgIpc) is 2.91. The maximum Gasteiger partial charge on any atom is 0.277 e. The van der Waals surface area contributed by atoms with Crippen molar-refractivity contribution in [3.05, 3.63) is 22.2 Å². The van der Waals surface area contributed by atoms with E-state index >= 15 is 0 Å². The van der Waals surface area contributed by atoms with Gasteiger partial charge in [-0.15, -0.1) is 0 Å². The minimum absolute atomic E-state index is 0.0784. The predicted octanol–water partition coefficient (Wildman–Crippen LogP) is -1.02. The van der Waals surface area contributed by atoms with E-state index in [2.05, 4.69) is 20.7 Å². The number of azide groups is 1. The van der Waals surface area contributed by atoms with Gasteiger partial charge in [-0.1, -0.05) is 5.11 Å². The summed E-state index contributed by atoms with van der Waals surface area (Å²) in [6.45, 7) is 1.79. The Balaban J connectivity index is 1.66. The molecule has 0 aliphatic carbocycles. The van der Waals surface area contributed by atoms with Crippen molar-refractivity contribution in [1.82, 2.24) is 15.5 Å². The smallest absolute Gasteiger partial charge is 0.277 e. The molecule has 2 aliphatic rings. The summed E-state index contributed by atoms with van der Waals surface area (Å²) in [7, 11) is 0. The summed E-state index contributed by atoms with van der Waals surface area (Å²) in [6, 6.07) is -0.975. The monoisotopic (exact) mass is 380 g/mol. The van der Waals surface area contributed by atoms with Crippen molar-refractivity contribution in [2.45, 2.75) is 18.9 Å². The number of hydrogen-bond acceptors (Lipinski definition) is 8. The molecule has 2 rings (SSSR count). The molecule has 1 unspecified atom stereocenters. The number of rotatable bonds is 11. The number of imide groups is 2. The number of amides is 4. The van der Waals surface area contributed by atoms with E-state index in [1.54, 1.807) is 0 Å². The van der Waals surface area contributed by atoms with Crippen LogP contribution in [0.15, 0.2) is 16.9 Å². The lowest BCUT2D eigenvalue weighted by Gasteiger charge is -2.28. The number of nitrogens with zero attached hydrogens (tertiary/aromatic N) is 4. The zero-order valence-electron chi connectivity index (χ0n) is 14.5. The van der Waals surface area contributed by atoms with E-state index in [0.29, 0.717) is 19.8 Å². The quantitative estimate of drug-likeness (QED) is 0.152. The van der Waals surface area contributed by atoms with Crippen molar-refractivity contribution < 1.29 is 28.7 Å². The number of hydrogen-bond donors (Lipinski definition) is 2. The molecule has 12 heteroatoms. The third-order valence-corrected chi connectivity index (χ3v) is 3.81. The van der Waals surface area contributed by atoms with Crippen LogP contribution in [0.4, 0.5) is 0 Å². The predicted molar refractivity (Wildman–Crippen MR) is 89.8 cm³/mol. The highest BCUT2D eigenvalue weighted by molar-refractivity contribution is 6.18. The van der Waals surface area contributed by atoms with E-state index in [-0.39, 0.29) is 38.2 Å². The molecule has 0 aromatic carbocycles. The fraction of sp³-hybridized carbons (Fsp3) is 0.600. The second-order valence-corrected chi connectivity index (χ2v) is 5.64. The normalized spacial score (nSPS) is 19.6. The molecule has 0 aromatic rings. The molecular weight excluding hydrogens is 360 g/mol. The molecule has 12 nitrogen and oxygen atoms in total. The van der Waals surface area contributed by atoms with Gasteiger partial charge in [0.25, 0.3) is 11.8 Å². The highest BCUT2D eigenvalue weighted by Crippen LogP contribution is 2.19. The van der Waals surface area contributed by atoms with Crippen LogP contribution < -0.4 is 10.6 Å². The topological polar surface area (TPSA) is 163 Å². The van der Waals surface area contributed by atoms with Gasteiger partial charge in [-0.25, -0.2) is 0 Å². The molecule has 2 heterocycles. The molecule has 4 amide bonds. The van der Waals surface area contributed by atoms with Crippen LogP contribution in [-0.2, 0) is 28.7 Å². The Morgan fingerprint density at radius 2 is 1.96 bits per heavy atom. The summed E-state index contributed by atoms with van der Waals surface area (Å²) in [5.41, 5.74) is 8.17. The van der Waals surface area contributed by atoms with Gasteiger partial charge in [-0.05, 0) is 12.0 Å². The van der Waals surface area contributed by atoms with Gasteiger partial charge in [0.2, 0.25) is 11.8 Å². The fourth-order valence-corrected chi connectivity index (χ4v) is 2.56. The summed E-state index contributed by atoms with van der Waals surface area (Å²) in [6.07, 6.45) is 1.33. The number of carbonyl (C=O) groups is 4. The second kappa shape index (κ2) is 10.3. The third-order valence-electron chi connectivity index (χ3n) is 3.81. The van der Waals surface area contributed by atoms with Crippen LogP contribution in [0, 0.1) is 0 Å². The van der Waals surface area contributed by atoms with Crippen molar-refractivity contribution in [2.24, 2.45) is 5.11 Å². The molecule has 1 atom stereocenters. The Labute approximate surface area is 154 Å². The van der Waals surface area contributed by atoms with Crippen molar-refractivity contribution in [1.29, 1.82) is 0 Å². The first-order chi connectivity index (χ1) is 13.0. The van der Waals surface area contributed by atoms with E-state index in [1.165, 1.54) is 0 Å². The zero-order chi connectivity index (χ0) is 19.6. The highest BCUT2D eigenvalue weighted by Gasteiger charge is 2.42. The largest absolute Gasteiger partial charge is 0.379 e. The minimum Gasteiger partial charge on any atom is -0.379 e. The number of nitrogens with one attached hydrogen (secondary N) is 2. The standard InChI is InChI=1S/C15H20N6O6/c16-20-18-4-6-27-8-7-26-5-3-17-10-9-13(23)21(15(10)25)11-1-2-12(22)19-14(11)24/h9,11,17H,1-8H2,(H,19,22,24). The molecule has 27 heavy (non-hydrogen) atoms. The number of ether oxygens (including phenoxy) is 2. The molecule has 0 spiro atoms. The summed E-state index contributed by atoms with van der Waals surface area (Å²) in [5.74, 6) is -2.26. The van der Waals surface area contributed by atoms with Crippen LogP contribution in [-0.4, -0.2) is 74.1 Å². The lowest BCUT2D eigenvalue weighted by Crippen LogP contribution is -2.54. The molecule has 0 saturated carbocycles. The number of piperidine rings is 1. The van der Waals surface area contributed by atoms with Crippen molar-refractivity contribution in [3.63, 3.8) is 0 Å². The van der Waals surface area contributed by atoms with Gasteiger partial charge in [-0.2, -0.15) is 0 Å².